The molecule has 12 heavy (non-hydrogen) atoms. The molecule has 0 N–H and O–H groups in total. The summed E-state index contributed by atoms with van der Waals surface area (Å²) in [5, 5.41) is 0. The second-order valence-electron chi connectivity index (χ2n) is 1.97. The number of alkyl halides is 2. The first-order valence-corrected chi connectivity index (χ1v) is 4.45. The number of benzene rings is 1. The van der Waals surface area contributed by atoms with Gasteiger partial charge in [0, 0.05) is 11.0 Å². The number of hydrogen-bond donors (Lipinski definition) is 0. The molecule has 1 aromatic carbocycles. The summed E-state index contributed by atoms with van der Waals surface area (Å²) in [7, 11) is 0. The van der Waals surface area contributed by atoms with Gasteiger partial charge in [0.25, 0.3) is 0 Å². The summed E-state index contributed by atoms with van der Waals surface area (Å²) in [4.78, 5) is 0.969. The van der Waals surface area contributed by atoms with Gasteiger partial charge in [0.1, 0.15) is 5.75 Å². The molecule has 0 aliphatic carbocycles. The van der Waals surface area contributed by atoms with E-state index in [-0.39, 0.29) is 5.75 Å². The van der Waals surface area contributed by atoms with Gasteiger partial charge in [-0.1, -0.05) is 0 Å². The zero-order chi connectivity index (χ0) is 8.97. The van der Waals surface area contributed by atoms with Gasteiger partial charge in [-0.3, -0.25) is 0 Å². The van der Waals surface area contributed by atoms with E-state index in [4.69, 9.17) is 0 Å². The Bertz CT molecular complexity index is 235. The fraction of sp³-hybridized carbons (Fsp3) is 0.250. The van der Waals surface area contributed by atoms with E-state index in [2.05, 4.69) is 10.8 Å². The van der Waals surface area contributed by atoms with E-state index >= 15 is 0 Å². The summed E-state index contributed by atoms with van der Waals surface area (Å²) >= 11 is 1.52. The molecule has 0 aromatic heterocycles. The van der Waals surface area contributed by atoms with Gasteiger partial charge in [-0.05, 0) is 24.5 Å². The molecular weight excluding hydrogens is 182 g/mol. The molecule has 0 saturated carbocycles. The third-order valence-electron chi connectivity index (χ3n) is 1.21. The molecule has 4 heteroatoms. The monoisotopic (exact) mass is 189 g/mol. The number of hydrogen-bond acceptors (Lipinski definition) is 2. The maximum absolute atomic E-state index is 11.7. The van der Waals surface area contributed by atoms with Gasteiger partial charge in [0.2, 0.25) is 0 Å². The van der Waals surface area contributed by atoms with Crippen LogP contribution >= 0.6 is 11.8 Å². The molecule has 0 bridgehead atoms. The van der Waals surface area contributed by atoms with Gasteiger partial charge < -0.3 is 4.74 Å². The minimum Gasteiger partial charge on any atom is -0.434 e. The van der Waals surface area contributed by atoms with E-state index in [1.165, 1.54) is 17.8 Å². The van der Waals surface area contributed by atoms with Crippen LogP contribution in [0.4, 0.5) is 8.78 Å². The van der Waals surface area contributed by atoms with Crippen LogP contribution in [-0.4, -0.2) is 12.9 Å². The highest BCUT2D eigenvalue weighted by atomic mass is 32.2. The Balaban J connectivity index is 2.65. The average Bonchev–Trinajstić information content (AvgIpc) is 2.05. The average molecular weight is 189 g/mol. The Morgan fingerprint density at radius 2 is 2.25 bits per heavy atom. The van der Waals surface area contributed by atoms with E-state index in [0.717, 1.165) is 4.90 Å². The molecule has 0 spiro atoms. The maximum atomic E-state index is 11.7. The Kier molecular flexibility index (Phi) is 3.34. The summed E-state index contributed by atoms with van der Waals surface area (Å²) in [6.07, 6.45) is 1.90. The molecule has 0 atom stereocenters. The van der Waals surface area contributed by atoms with Crippen LogP contribution < -0.4 is 4.74 Å². The lowest BCUT2D eigenvalue weighted by Crippen LogP contribution is -2.01. The minimum absolute atomic E-state index is 0.0720. The molecule has 1 radical (unpaired) electrons. The standard InChI is InChI=1S/C8H7F2OS/c1-12-7-4-2-6(3-5-7)11-8(9)10/h2,4-5,8H,1H3. The van der Waals surface area contributed by atoms with Gasteiger partial charge >= 0.3 is 6.61 Å². The summed E-state index contributed by atoms with van der Waals surface area (Å²) in [5.41, 5.74) is 0. The van der Waals surface area contributed by atoms with Crippen LogP contribution in [0.2, 0.25) is 0 Å². The van der Waals surface area contributed by atoms with Crippen LogP contribution in [-0.2, 0) is 0 Å². The van der Waals surface area contributed by atoms with E-state index in [0.29, 0.717) is 0 Å². The van der Waals surface area contributed by atoms with Crippen molar-refractivity contribution in [3.63, 3.8) is 0 Å². The van der Waals surface area contributed by atoms with Crippen molar-refractivity contribution in [2.45, 2.75) is 11.5 Å². The first-order valence-electron chi connectivity index (χ1n) is 3.23. The first-order chi connectivity index (χ1) is 5.72. The highest BCUT2D eigenvalue weighted by Gasteiger charge is 2.03. The van der Waals surface area contributed by atoms with Crippen molar-refractivity contribution in [3.05, 3.63) is 24.3 Å². The second kappa shape index (κ2) is 4.30. The fourth-order valence-corrected chi connectivity index (χ4v) is 1.07. The van der Waals surface area contributed by atoms with E-state index < -0.39 is 6.61 Å². The molecule has 0 aliphatic rings. The molecule has 1 aromatic rings. The van der Waals surface area contributed by atoms with Crippen LogP contribution in [0.15, 0.2) is 23.1 Å². The van der Waals surface area contributed by atoms with Crippen molar-refractivity contribution in [3.8, 4) is 5.75 Å². The van der Waals surface area contributed by atoms with Gasteiger partial charge in [-0.2, -0.15) is 8.78 Å². The van der Waals surface area contributed by atoms with Crippen LogP contribution in [0.5, 0.6) is 5.75 Å². The Morgan fingerprint density at radius 1 is 1.50 bits per heavy atom. The van der Waals surface area contributed by atoms with Crippen LogP contribution in [0.3, 0.4) is 0 Å². The molecule has 1 nitrogen and oxygen atoms in total. The van der Waals surface area contributed by atoms with E-state index in [1.54, 1.807) is 12.1 Å². The Morgan fingerprint density at radius 3 is 2.67 bits per heavy atom. The minimum atomic E-state index is -2.78. The van der Waals surface area contributed by atoms with Gasteiger partial charge in [0.05, 0.1) is 0 Å². The summed E-state index contributed by atoms with van der Waals surface area (Å²) in [5.74, 6) is 0.0720. The van der Waals surface area contributed by atoms with Crippen molar-refractivity contribution < 1.29 is 13.5 Å². The zero-order valence-corrected chi connectivity index (χ0v) is 7.20. The van der Waals surface area contributed by atoms with Crippen LogP contribution in [0.1, 0.15) is 0 Å². The first kappa shape index (κ1) is 9.32. The summed E-state index contributed by atoms with van der Waals surface area (Å²) in [6.45, 7) is -2.78. The largest absolute Gasteiger partial charge is 0.434 e. The Hall–Kier alpha value is -0.770. The summed E-state index contributed by atoms with van der Waals surface area (Å²) in [6, 6.07) is 7.39. The van der Waals surface area contributed by atoms with Crippen LogP contribution in [0.25, 0.3) is 0 Å². The van der Waals surface area contributed by atoms with Crippen molar-refractivity contribution in [2.24, 2.45) is 0 Å². The molecule has 0 saturated heterocycles. The van der Waals surface area contributed by atoms with E-state index in [1.807, 2.05) is 6.26 Å². The molecule has 0 heterocycles. The SMILES string of the molecule is CSc1c[c]c(OC(F)F)cc1. The fourth-order valence-electron chi connectivity index (χ4n) is 0.693. The lowest BCUT2D eigenvalue weighted by Gasteiger charge is -2.03. The topological polar surface area (TPSA) is 9.23 Å². The molecule has 0 fully saturated rings. The van der Waals surface area contributed by atoms with Crippen molar-refractivity contribution >= 4 is 11.8 Å². The maximum Gasteiger partial charge on any atom is 0.387 e. The Labute approximate surface area is 73.7 Å². The van der Waals surface area contributed by atoms with Crippen molar-refractivity contribution in [1.29, 1.82) is 0 Å². The molecule has 0 amide bonds. The smallest absolute Gasteiger partial charge is 0.387 e. The number of rotatable bonds is 3. The van der Waals surface area contributed by atoms with E-state index in [9.17, 15) is 8.78 Å². The molecule has 1 rings (SSSR count). The number of halogens is 2. The molecule has 65 valence electrons. The molecule has 0 unspecified atom stereocenters. The number of thioether (sulfide) groups is 1. The highest BCUT2D eigenvalue weighted by Crippen LogP contribution is 2.19. The molecular formula is C8H7F2OS. The zero-order valence-electron chi connectivity index (χ0n) is 6.38. The van der Waals surface area contributed by atoms with Gasteiger partial charge in [0.15, 0.2) is 0 Å². The van der Waals surface area contributed by atoms with Gasteiger partial charge in [-0.25, -0.2) is 0 Å². The van der Waals surface area contributed by atoms with Crippen LogP contribution in [0, 0.1) is 6.07 Å². The predicted molar refractivity (Wildman–Crippen MR) is 43.7 cm³/mol. The number of ether oxygens (including phenoxy) is 1. The van der Waals surface area contributed by atoms with Gasteiger partial charge in [-0.15, -0.1) is 11.8 Å². The third kappa shape index (κ3) is 2.70. The lowest BCUT2D eigenvalue weighted by atomic mass is 10.3. The van der Waals surface area contributed by atoms with Crippen molar-refractivity contribution in [2.75, 3.05) is 6.26 Å². The normalized spacial score (nSPS) is 10.3. The lowest BCUT2D eigenvalue weighted by molar-refractivity contribution is -0.0500. The van der Waals surface area contributed by atoms with Crippen molar-refractivity contribution in [1.82, 2.24) is 0 Å². The second-order valence-corrected chi connectivity index (χ2v) is 2.85. The molecule has 0 aliphatic heterocycles. The highest BCUT2D eigenvalue weighted by molar-refractivity contribution is 7.98. The quantitative estimate of drug-likeness (QED) is 0.676. The predicted octanol–water partition coefficient (Wildman–Crippen LogP) is 2.81. The summed E-state index contributed by atoms with van der Waals surface area (Å²) < 4.78 is 27.4. The third-order valence-corrected chi connectivity index (χ3v) is 1.93.